The maximum absolute atomic E-state index is 12.7. The Morgan fingerprint density at radius 1 is 1.14 bits per heavy atom. The third-order valence-corrected chi connectivity index (χ3v) is 4.98. The highest BCUT2D eigenvalue weighted by molar-refractivity contribution is 5.50. The van der Waals surface area contributed by atoms with Crippen LogP contribution in [0.15, 0.2) is 24.3 Å². The third kappa shape index (κ3) is 3.09. The molecule has 0 aliphatic carbocycles. The first-order valence-electron chi connectivity index (χ1n) is 8.15. The fourth-order valence-electron chi connectivity index (χ4n) is 3.78. The molecular formula is C17H23F3N2. The largest absolute Gasteiger partial charge is 0.416 e. The normalized spacial score (nSPS) is 25.7. The summed E-state index contributed by atoms with van der Waals surface area (Å²) >= 11 is 0. The summed E-state index contributed by atoms with van der Waals surface area (Å²) in [5, 5.41) is 0. The van der Waals surface area contributed by atoms with Gasteiger partial charge in [-0.15, -0.1) is 0 Å². The zero-order valence-corrected chi connectivity index (χ0v) is 12.9. The molecular weight excluding hydrogens is 289 g/mol. The Morgan fingerprint density at radius 2 is 1.86 bits per heavy atom. The molecule has 2 aliphatic heterocycles. The number of anilines is 1. The zero-order chi connectivity index (χ0) is 15.7. The van der Waals surface area contributed by atoms with Gasteiger partial charge in [-0.05, 0) is 49.6 Å². The first-order valence-corrected chi connectivity index (χ1v) is 8.15. The second-order valence-electron chi connectivity index (χ2n) is 6.47. The topological polar surface area (TPSA) is 6.48 Å². The Labute approximate surface area is 129 Å². The second kappa shape index (κ2) is 6.11. The number of unbranched alkanes of at least 4 members (excludes halogenated alkanes) is 1. The number of alkyl halides is 3. The van der Waals surface area contributed by atoms with E-state index in [4.69, 9.17) is 0 Å². The number of nitrogens with zero attached hydrogens (tertiary/aromatic N) is 2. The maximum Gasteiger partial charge on any atom is 0.416 e. The fourth-order valence-corrected chi connectivity index (χ4v) is 3.78. The van der Waals surface area contributed by atoms with E-state index in [1.165, 1.54) is 25.0 Å². The Bertz CT molecular complexity index is 498. The van der Waals surface area contributed by atoms with E-state index < -0.39 is 11.7 Å². The van der Waals surface area contributed by atoms with Crippen LogP contribution < -0.4 is 4.90 Å². The van der Waals surface area contributed by atoms with E-state index >= 15 is 0 Å². The van der Waals surface area contributed by atoms with E-state index in [1.54, 1.807) is 12.1 Å². The molecule has 0 radical (unpaired) electrons. The summed E-state index contributed by atoms with van der Waals surface area (Å²) in [6.07, 6.45) is -0.682. The van der Waals surface area contributed by atoms with Crippen molar-refractivity contribution in [3.8, 4) is 0 Å². The SMILES string of the molecule is CCCCN1C[C@@H]2CCN(c3ccc(C(F)(F)F)cc3)[C@@H]2C1. The van der Waals surface area contributed by atoms with Gasteiger partial charge in [-0.25, -0.2) is 0 Å². The summed E-state index contributed by atoms with van der Waals surface area (Å²) in [6.45, 7) is 6.49. The molecule has 2 atom stereocenters. The van der Waals surface area contributed by atoms with Gasteiger partial charge in [0, 0.05) is 31.4 Å². The van der Waals surface area contributed by atoms with Gasteiger partial charge in [0.2, 0.25) is 0 Å². The highest BCUT2D eigenvalue weighted by atomic mass is 19.4. The minimum Gasteiger partial charge on any atom is -0.367 e. The van der Waals surface area contributed by atoms with Gasteiger partial charge in [-0.2, -0.15) is 13.2 Å². The number of halogens is 3. The molecule has 2 nitrogen and oxygen atoms in total. The Morgan fingerprint density at radius 3 is 2.50 bits per heavy atom. The van der Waals surface area contributed by atoms with Gasteiger partial charge in [-0.3, -0.25) is 0 Å². The van der Waals surface area contributed by atoms with Crippen molar-refractivity contribution in [2.45, 2.75) is 38.4 Å². The summed E-state index contributed by atoms with van der Waals surface area (Å²) in [5.41, 5.74) is 0.362. The van der Waals surface area contributed by atoms with Crippen LogP contribution in [-0.4, -0.2) is 37.1 Å². The van der Waals surface area contributed by atoms with E-state index in [9.17, 15) is 13.2 Å². The lowest BCUT2D eigenvalue weighted by atomic mass is 10.0. The van der Waals surface area contributed by atoms with E-state index in [0.29, 0.717) is 12.0 Å². The molecule has 5 heteroatoms. The molecule has 1 aromatic rings. The molecule has 2 saturated heterocycles. The van der Waals surface area contributed by atoms with Crippen LogP contribution in [0.2, 0.25) is 0 Å². The minimum atomic E-state index is -4.25. The van der Waals surface area contributed by atoms with Gasteiger partial charge in [-0.1, -0.05) is 13.3 Å². The van der Waals surface area contributed by atoms with Crippen molar-refractivity contribution in [2.75, 3.05) is 31.1 Å². The minimum absolute atomic E-state index is 0.466. The second-order valence-corrected chi connectivity index (χ2v) is 6.47. The van der Waals surface area contributed by atoms with Gasteiger partial charge >= 0.3 is 6.18 Å². The van der Waals surface area contributed by atoms with Crippen LogP contribution in [0.3, 0.4) is 0 Å². The summed E-state index contributed by atoms with van der Waals surface area (Å²) in [5.74, 6) is 0.666. The number of hydrogen-bond donors (Lipinski definition) is 0. The van der Waals surface area contributed by atoms with Crippen LogP contribution in [0, 0.1) is 5.92 Å². The van der Waals surface area contributed by atoms with Gasteiger partial charge in [0.15, 0.2) is 0 Å². The zero-order valence-electron chi connectivity index (χ0n) is 12.9. The smallest absolute Gasteiger partial charge is 0.367 e. The van der Waals surface area contributed by atoms with Crippen molar-refractivity contribution in [1.29, 1.82) is 0 Å². The molecule has 122 valence electrons. The van der Waals surface area contributed by atoms with Crippen LogP contribution in [0.1, 0.15) is 31.7 Å². The Hall–Kier alpha value is -1.23. The molecule has 0 amide bonds. The lowest BCUT2D eigenvalue weighted by Crippen LogP contribution is -2.35. The molecule has 0 N–H and O–H groups in total. The van der Waals surface area contributed by atoms with Crippen LogP contribution in [-0.2, 0) is 6.18 Å². The van der Waals surface area contributed by atoms with Crippen LogP contribution >= 0.6 is 0 Å². The van der Waals surface area contributed by atoms with Crippen molar-refractivity contribution >= 4 is 5.69 Å². The van der Waals surface area contributed by atoms with E-state index in [2.05, 4.69) is 16.7 Å². The Balaban J connectivity index is 1.68. The quantitative estimate of drug-likeness (QED) is 0.828. The molecule has 2 heterocycles. The summed E-state index contributed by atoms with van der Waals surface area (Å²) in [4.78, 5) is 4.81. The van der Waals surface area contributed by atoms with Crippen molar-refractivity contribution in [2.24, 2.45) is 5.92 Å². The van der Waals surface area contributed by atoms with E-state index in [0.717, 1.165) is 38.3 Å². The van der Waals surface area contributed by atoms with E-state index in [1.807, 2.05) is 0 Å². The first-order chi connectivity index (χ1) is 10.5. The van der Waals surface area contributed by atoms with Gasteiger partial charge in [0.25, 0.3) is 0 Å². The van der Waals surface area contributed by atoms with Crippen molar-refractivity contribution in [3.63, 3.8) is 0 Å². The number of rotatable bonds is 4. The van der Waals surface area contributed by atoms with Crippen LogP contribution in [0.4, 0.5) is 18.9 Å². The van der Waals surface area contributed by atoms with Gasteiger partial charge < -0.3 is 9.80 Å². The predicted molar refractivity (Wildman–Crippen MR) is 82.0 cm³/mol. The number of benzene rings is 1. The fraction of sp³-hybridized carbons (Fsp3) is 0.647. The van der Waals surface area contributed by atoms with E-state index in [-0.39, 0.29) is 0 Å². The molecule has 0 aromatic heterocycles. The van der Waals surface area contributed by atoms with Crippen molar-refractivity contribution in [1.82, 2.24) is 4.90 Å². The predicted octanol–water partition coefficient (Wildman–Crippen LogP) is 4.02. The number of hydrogen-bond acceptors (Lipinski definition) is 2. The van der Waals surface area contributed by atoms with Crippen LogP contribution in [0.25, 0.3) is 0 Å². The number of likely N-dealkylation sites (tertiary alicyclic amines) is 1. The average molecular weight is 312 g/mol. The monoisotopic (exact) mass is 312 g/mol. The van der Waals surface area contributed by atoms with Crippen molar-refractivity contribution in [3.05, 3.63) is 29.8 Å². The van der Waals surface area contributed by atoms with Gasteiger partial charge in [0.05, 0.1) is 5.56 Å². The lowest BCUT2D eigenvalue weighted by Gasteiger charge is -2.27. The van der Waals surface area contributed by atoms with Crippen LogP contribution in [0.5, 0.6) is 0 Å². The molecule has 2 aliphatic rings. The highest BCUT2D eigenvalue weighted by Gasteiger charge is 2.41. The summed E-state index contributed by atoms with van der Waals surface area (Å²) in [7, 11) is 0. The molecule has 0 saturated carbocycles. The standard InChI is InChI=1S/C17H23F3N2/c1-2-3-9-21-11-13-8-10-22(16(13)12-21)15-6-4-14(5-7-15)17(18,19)20/h4-7,13,16H,2-3,8-12H2,1H3/t13-,16+/m0/s1. The highest BCUT2D eigenvalue weighted by Crippen LogP contribution is 2.36. The molecule has 1 aromatic carbocycles. The average Bonchev–Trinajstić information content (AvgIpc) is 3.04. The lowest BCUT2D eigenvalue weighted by molar-refractivity contribution is -0.137. The molecule has 0 spiro atoms. The third-order valence-electron chi connectivity index (χ3n) is 4.98. The first kappa shape index (κ1) is 15.7. The van der Waals surface area contributed by atoms with Crippen molar-refractivity contribution < 1.29 is 13.2 Å². The van der Waals surface area contributed by atoms with Gasteiger partial charge in [0.1, 0.15) is 0 Å². The summed E-state index contributed by atoms with van der Waals surface area (Å²) < 4.78 is 38.0. The Kier molecular flexibility index (Phi) is 4.35. The molecule has 0 bridgehead atoms. The number of fused-ring (bicyclic) bond motifs is 1. The molecule has 3 rings (SSSR count). The summed E-state index contributed by atoms with van der Waals surface area (Å²) in [6, 6.07) is 6.12. The molecule has 0 unspecified atom stereocenters. The maximum atomic E-state index is 12.7. The molecule has 22 heavy (non-hydrogen) atoms. The molecule has 2 fully saturated rings.